The third-order valence-corrected chi connectivity index (χ3v) is 4.62. The molecule has 1 amide bonds. The molecule has 1 aromatic rings. The normalized spacial score (nSPS) is 24.4. The van der Waals surface area contributed by atoms with Gasteiger partial charge in [0.1, 0.15) is 6.61 Å². The highest BCUT2D eigenvalue weighted by Gasteiger charge is 2.37. The number of hydrogen-bond donors (Lipinski definition) is 3. The maximum atomic E-state index is 12.8. The lowest BCUT2D eigenvalue weighted by Crippen LogP contribution is -2.58. The van der Waals surface area contributed by atoms with Crippen molar-refractivity contribution >= 4 is 11.9 Å². The van der Waals surface area contributed by atoms with E-state index in [1.54, 1.807) is 0 Å². The summed E-state index contributed by atoms with van der Waals surface area (Å²) in [5.74, 6) is -0.125. The highest BCUT2D eigenvalue weighted by molar-refractivity contribution is 5.92. The van der Waals surface area contributed by atoms with E-state index in [2.05, 4.69) is 10.6 Å². The van der Waals surface area contributed by atoms with Crippen molar-refractivity contribution < 1.29 is 19.4 Å². The van der Waals surface area contributed by atoms with Gasteiger partial charge in [-0.1, -0.05) is 50.6 Å². The van der Waals surface area contributed by atoms with Gasteiger partial charge in [-0.2, -0.15) is 0 Å². The number of nitrogens with one attached hydrogen (secondary N) is 2. The van der Waals surface area contributed by atoms with Gasteiger partial charge in [0.05, 0.1) is 18.2 Å². The zero-order valence-corrected chi connectivity index (χ0v) is 14.9. The number of alkyl carbamates (subject to hydrolysis) is 1. The minimum absolute atomic E-state index is 0.0579. The molecule has 0 bridgehead atoms. The van der Waals surface area contributed by atoms with E-state index in [4.69, 9.17) is 4.74 Å². The van der Waals surface area contributed by atoms with E-state index in [1.807, 2.05) is 44.2 Å². The molecule has 0 spiro atoms. The first kappa shape index (κ1) is 19.4. The van der Waals surface area contributed by atoms with Crippen LogP contribution >= 0.6 is 0 Å². The summed E-state index contributed by atoms with van der Waals surface area (Å²) in [6.07, 6.45) is 0.735. The molecule has 6 nitrogen and oxygen atoms in total. The Morgan fingerprint density at radius 3 is 2.76 bits per heavy atom. The van der Waals surface area contributed by atoms with Crippen LogP contribution < -0.4 is 10.6 Å². The average molecular weight is 348 g/mol. The standard InChI is InChI=1S/C19H28N2O4/c1-3-7-15(18(23)16-17(22)13(2)10-11-20-16)21-19(24)25-12-14-8-5-4-6-9-14/h4-6,8-9,13,15-17,20,22H,3,7,10-12H2,1-2H3,(H,21,24)/t13?,15?,16-,17?/m0/s1. The van der Waals surface area contributed by atoms with Gasteiger partial charge in [-0.05, 0) is 30.9 Å². The van der Waals surface area contributed by atoms with E-state index >= 15 is 0 Å². The summed E-state index contributed by atoms with van der Waals surface area (Å²) in [5.41, 5.74) is 0.884. The number of piperidine rings is 1. The minimum atomic E-state index is -0.734. The number of aliphatic hydroxyl groups is 1. The van der Waals surface area contributed by atoms with Gasteiger partial charge in [-0.3, -0.25) is 4.79 Å². The molecule has 1 heterocycles. The minimum Gasteiger partial charge on any atom is -0.445 e. The molecule has 0 aromatic heterocycles. The van der Waals surface area contributed by atoms with Crippen molar-refractivity contribution in [1.29, 1.82) is 0 Å². The number of hydrogen-bond acceptors (Lipinski definition) is 5. The summed E-state index contributed by atoms with van der Waals surface area (Å²) in [6, 6.07) is 8.06. The van der Waals surface area contributed by atoms with Crippen LogP contribution in [0.5, 0.6) is 0 Å². The number of aliphatic hydroxyl groups excluding tert-OH is 1. The van der Waals surface area contributed by atoms with Crippen molar-refractivity contribution in [3.05, 3.63) is 35.9 Å². The second kappa shape index (κ2) is 9.53. The molecule has 0 saturated carbocycles. The Labute approximate surface area is 149 Å². The molecule has 138 valence electrons. The van der Waals surface area contributed by atoms with E-state index in [9.17, 15) is 14.7 Å². The van der Waals surface area contributed by atoms with Gasteiger partial charge in [-0.15, -0.1) is 0 Å². The maximum Gasteiger partial charge on any atom is 0.408 e. The van der Waals surface area contributed by atoms with Crippen LogP contribution in [-0.2, 0) is 16.1 Å². The number of benzene rings is 1. The van der Waals surface area contributed by atoms with Gasteiger partial charge in [0.2, 0.25) is 0 Å². The molecular weight excluding hydrogens is 320 g/mol. The molecule has 3 N–H and O–H groups in total. The van der Waals surface area contributed by atoms with Crippen molar-refractivity contribution in [2.24, 2.45) is 5.92 Å². The van der Waals surface area contributed by atoms with Crippen LogP contribution in [0.4, 0.5) is 4.79 Å². The summed E-state index contributed by atoms with van der Waals surface area (Å²) in [5, 5.41) is 16.0. The lowest BCUT2D eigenvalue weighted by atomic mass is 9.86. The highest BCUT2D eigenvalue weighted by atomic mass is 16.5. The highest BCUT2D eigenvalue weighted by Crippen LogP contribution is 2.18. The average Bonchev–Trinajstić information content (AvgIpc) is 2.62. The van der Waals surface area contributed by atoms with Crippen LogP contribution in [0, 0.1) is 5.92 Å². The molecule has 4 atom stereocenters. The van der Waals surface area contributed by atoms with E-state index in [-0.39, 0.29) is 18.3 Å². The van der Waals surface area contributed by atoms with Crippen LogP contribution in [-0.4, -0.2) is 41.7 Å². The number of ether oxygens (including phenoxy) is 1. The Balaban J connectivity index is 1.92. The molecule has 1 fully saturated rings. The second-order valence-corrected chi connectivity index (χ2v) is 6.64. The predicted octanol–water partition coefficient (Wildman–Crippen LogP) is 2.01. The van der Waals surface area contributed by atoms with E-state index < -0.39 is 24.3 Å². The second-order valence-electron chi connectivity index (χ2n) is 6.64. The molecule has 0 aliphatic carbocycles. The van der Waals surface area contributed by atoms with Crippen LogP contribution in [0.2, 0.25) is 0 Å². The fourth-order valence-electron chi connectivity index (χ4n) is 3.05. The zero-order chi connectivity index (χ0) is 18.2. The lowest BCUT2D eigenvalue weighted by molar-refractivity contribution is -0.128. The molecule has 1 aliphatic heterocycles. The largest absolute Gasteiger partial charge is 0.445 e. The van der Waals surface area contributed by atoms with Crippen LogP contribution in [0.3, 0.4) is 0 Å². The van der Waals surface area contributed by atoms with Gasteiger partial charge < -0.3 is 20.5 Å². The molecule has 3 unspecified atom stereocenters. The molecule has 6 heteroatoms. The summed E-state index contributed by atoms with van der Waals surface area (Å²) in [4.78, 5) is 24.8. The predicted molar refractivity (Wildman–Crippen MR) is 95.0 cm³/mol. The number of ketones is 1. The number of carbonyl (C=O) groups excluding carboxylic acids is 2. The van der Waals surface area contributed by atoms with Crippen molar-refractivity contribution in [2.75, 3.05) is 6.54 Å². The number of carbonyl (C=O) groups is 2. The molecule has 2 rings (SSSR count). The maximum absolute atomic E-state index is 12.8. The number of amides is 1. The van der Waals surface area contributed by atoms with Crippen LogP contribution in [0.25, 0.3) is 0 Å². The Bertz CT molecular complexity index is 564. The molecule has 1 aromatic carbocycles. The molecule has 1 saturated heterocycles. The summed E-state index contributed by atoms with van der Waals surface area (Å²) < 4.78 is 5.21. The topological polar surface area (TPSA) is 87.7 Å². The van der Waals surface area contributed by atoms with E-state index in [0.29, 0.717) is 13.0 Å². The summed E-state index contributed by atoms with van der Waals surface area (Å²) >= 11 is 0. The van der Waals surface area contributed by atoms with Gasteiger partial charge in [0, 0.05) is 0 Å². The zero-order valence-electron chi connectivity index (χ0n) is 14.9. The fraction of sp³-hybridized carbons (Fsp3) is 0.579. The quantitative estimate of drug-likeness (QED) is 0.702. The summed E-state index contributed by atoms with van der Waals surface area (Å²) in [6.45, 7) is 4.72. The van der Waals surface area contributed by atoms with Gasteiger partial charge in [0.15, 0.2) is 5.78 Å². The Morgan fingerprint density at radius 2 is 2.08 bits per heavy atom. The monoisotopic (exact) mass is 348 g/mol. The Kier molecular flexibility index (Phi) is 7.40. The van der Waals surface area contributed by atoms with Crippen molar-refractivity contribution in [1.82, 2.24) is 10.6 Å². The van der Waals surface area contributed by atoms with Gasteiger partial charge >= 0.3 is 6.09 Å². The van der Waals surface area contributed by atoms with Crippen molar-refractivity contribution in [2.45, 2.75) is 57.9 Å². The third-order valence-electron chi connectivity index (χ3n) is 4.62. The van der Waals surface area contributed by atoms with E-state index in [0.717, 1.165) is 18.4 Å². The third kappa shape index (κ3) is 5.54. The first-order valence-corrected chi connectivity index (χ1v) is 8.95. The molecule has 1 aliphatic rings. The Hall–Kier alpha value is -1.92. The lowest BCUT2D eigenvalue weighted by Gasteiger charge is -2.34. The summed E-state index contributed by atoms with van der Waals surface area (Å²) in [7, 11) is 0. The number of rotatable bonds is 7. The Morgan fingerprint density at radius 1 is 1.36 bits per heavy atom. The van der Waals surface area contributed by atoms with Crippen molar-refractivity contribution in [3.63, 3.8) is 0 Å². The fourth-order valence-corrected chi connectivity index (χ4v) is 3.05. The molecular formula is C19H28N2O4. The van der Waals surface area contributed by atoms with Crippen LogP contribution in [0.1, 0.15) is 38.7 Å². The first-order valence-electron chi connectivity index (χ1n) is 8.95. The van der Waals surface area contributed by atoms with Gasteiger partial charge in [0.25, 0.3) is 0 Å². The smallest absolute Gasteiger partial charge is 0.408 e. The first-order chi connectivity index (χ1) is 12.0. The van der Waals surface area contributed by atoms with Crippen molar-refractivity contribution in [3.8, 4) is 0 Å². The number of Topliss-reactive ketones (excluding diaryl/α,β-unsaturated/α-hetero) is 1. The SMILES string of the molecule is CCCC(NC(=O)OCc1ccccc1)C(=O)[C@H]1NCCC(C)C1O. The molecule has 25 heavy (non-hydrogen) atoms. The molecule has 0 radical (unpaired) electrons. The van der Waals surface area contributed by atoms with Crippen LogP contribution in [0.15, 0.2) is 30.3 Å². The van der Waals surface area contributed by atoms with Gasteiger partial charge in [-0.25, -0.2) is 4.79 Å². The van der Waals surface area contributed by atoms with E-state index in [1.165, 1.54) is 0 Å².